The third kappa shape index (κ3) is 4.95. The Morgan fingerprint density at radius 2 is 1.96 bits per heavy atom. The van der Waals surface area contributed by atoms with E-state index in [-0.39, 0.29) is 16.3 Å². The second-order valence-electron chi connectivity index (χ2n) is 4.89. The minimum absolute atomic E-state index is 0.0623. The van der Waals surface area contributed by atoms with Crippen molar-refractivity contribution in [2.75, 3.05) is 17.6 Å². The first-order chi connectivity index (χ1) is 11.5. The van der Waals surface area contributed by atoms with Crippen LogP contribution >= 0.6 is 23.4 Å². The first kappa shape index (κ1) is 18.3. The molecule has 1 amide bonds. The van der Waals surface area contributed by atoms with Crippen LogP contribution in [0.25, 0.3) is 0 Å². The summed E-state index contributed by atoms with van der Waals surface area (Å²) in [6, 6.07) is 11.1. The quantitative estimate of drug-likeness (QED) is 0.335. The Morgan fingerprint density at radius 1 is 1.25 bits per heavy atom. The molecule has 0 heterocycles. The summed E-state index contributed by atoms with van der Waals surface area (Å²) >= 11 is 7.65. The van der Waals surface area contributed by atoms with Crippen LogP contribution in [0.5, 0.6) is 0 Å². The number of nitro groups is 1. The highest BCUT2D eigenvalue weighted by Crippen LogP contribution is 2.24. The molecule has 0 atom stereocenters. The van der Waals surface area contributed by atoms with E-state index >= 15 is 0 Å². The Kier molecular flexibility index (Phi) is 6.60. The van der Waals surface area contributed by atoms with Gasteiger partial charge in [-0.15, -0.1) is 11.8 Å². The Morgan fingerprint density at radius 3 is 2.58 bits per heavy atom. The van der Waals surface area contributed by atoms with E-state index in [1.165, 1.54) is 12.1 Å². The van der Waals surface area contributed by atoms with Gasteiger partial charge in [-0.25, -0.2) is 0 Å². The summed E-state index contributed by atoms with van der Waals surface area (Å²) in [4.78, 5) is 23.6. The van der Waals surface area contributed by atoms with Gasteiger partial charge in [0.1, 0.15) is 0 Å². The monoisotopic (exact) mass is 365 g/mol. The summed E-state index contributed by atoms with van der Waals surface area (Å²) in [5, 5.41) is 13.7. The molecule has 2 aromatic rings. The zero-order valence-corrected chi connectivity index (χ0v) is 14.3. The van der Waals surface area contributed by atoms with Gasteiger partial charge in [-0.05, 0) is 49.1 Å². The van der Waals surface area contributed by atoms with E-state index in [4.69, 9.17) is 17.3 Å². The lowest BCUT2D eigenvalue weighted by Crippen LogP contribution is -2.12. The second-order valence-corrected chi connectivity index (χ2v) is 6.47. The lowest BCUT2D eigenvalue weighted by Gasteiger charge is -2.08. The summed E-state index contributed by atoms with van der Waals surface area (Å²) < 4.78 is 0. The number of nitrogens with zero attached hydrogens (tertiary/aromatic N) is 1. The number of thioether (sulfide) groups is 1. The maximum absolute atomic E-state index is 12.3. The predicted molar refractivity (Wildman–Crippen MR) is 96.9 cm³/mol. The number of hydrogen-bond acceptors (Lipinski definition) is 5. The van der Waals surface area contributed by atoms with Crippen LogP contribution < -0.4 is 11.1 Å². The molecule has 0 aliphatic heterocycles. The van der Waals surface area contributed by atoms with Gasteiger partial charge in [-0.1, -0.05) is 11.6 Å². The van der Waals surface area contributed by atoms with Crippen molar-refractivity contribution in [2.45, 2.75) is 11.3 Å². The summed E-state index contributed by atoms with van der Waals surface area (Å²) in [6.45, 7) is 0.658. The van der Waals surface area contributed by atoms with Gasteiger partial charge in [-0.2, -0.15) is 0 Å². The standard InChI is InChI=1S/C16H16ClN3O3S/c17-15-7-4-12(20(22)23)10-14(15)16(21)19-11-2-5-13(6-3-11)24-9-1-8-18/h2-7,10H,1,8-9,18H2,(H,19,21). The second kappa shape index (κ2) is 8.68. The van der Waals surface area contributed by atoms with Gasteiger partial charge in [-0.3, -0.25) is 14.9 Å². The van der Waals surface area contributed by atoms with Gasteiger partial charge < -0.3 is 11.1 Å². The molecule has 0 fully saturated rings. The number of rotatable bonds is 7. The molecular weight excluding hydrogens is 350 g/mol. The van der Waals surface area contributed by atoms with Crippen molar-refractivity contribution in [3.05, 3.63) is 63.2 Å². The van der Waals surface area contributed by atoms with Crippen molar-refractivity contribution in [1.29, 1.82) is 0 Å². The number of nitrogens with one attached hydrogen (secondary N) is 1. The molecule has 3 N–H and O–H groups in total. The van der Waals surface area contributed by atoms with E-state index in [1.54, 1.807) is 23.9 Å². The van der Waals surface area contributed by atoms with Gasteiger partial charge >= 0.3 is 0 Å². The van der Waals surface area contributed by atoms with E-state index in [0.29, 0.717) is 12.2 Å². The predicted octanol–water partition coefficient (Wildman–Crippen LogP) is 3.94. The molecule has 2 rings (SSSR count). The van der Waals surface area contributed by atoms with E-state index in [0.717, 1.165) is 23.1 Å². The van der Waals surface area contributed by atoms with Crippen LogP contribution in [0.3, 0.4) is 0 Å². The molecule has 0 spiro atoms. The van der Waals surface area contributed by atoms with Crippen LogP contribution in [0, 0.1) is 10.1 Å². The lowest BCUT2D eigenvalue weighted by molar-refractivity contribution is -0.384. The van der Waals surface area contributed by atoms with Gasteiger partial charge in [0, 0.05) is 22.7 Å². The Balaban J connectivity index is 2.07. The van der Waals surface area contributed by atoms with Crippen molar-refractivity contribution in [3.63, 3.8) is 0 Å². The number of nitrogens with two attached hydrogens (primary N) is 1. The van der Waals surface area contributed by atoms with Crippen molar-refractivity contribution in [2.24, 2.45) is 5.73 Å². The maximum Gasteiger partial charge on any atom is 0.270 e. The molecule has 0 radical (unpaired) electrons. The number of carbonyl (C=O) groups is 1. The van der Waals surface area contributed by atoms with E-state index < -0.39 is 10.8 Å². The Bertz CT molecular complexity index is 738. The molecule has 6 nitrogen and oxygen atoms in total. The third-order valence-corrected chi connectivity index (χ3v) is 4.56. The number of halogens is 1. The van der Waals surface area contributed by atoms with Gasteiger partial charge in [0.15, 0.2) is 0 Å². The maximum atomic E-state index is 12.3. The number of amides is 1. The Labute approximate surface area is 148 Å². The minimum Gasteiger partial charge on any atom is -0.330 e. The number of anilines is 1. The molecule has 0 aliphatic rings. The molecule has 8 heteroatoms. The fraction of sp³-hybridized carbons (Fsp3) is 0.188. The number of carbonyl (C=O) groups excluding carboxylic acids is 1. The van der Waals surface area contributed by atoms with Crippen LogP contribution in [0.15, 0.2) is 47.4 Å². The largest absolute Gasteiger partial charge is 0.330 e. The van der Waals surface area contributed by atoms with Crippen molar-refractivity contribution in [1.82, 2.24) is 0 Å². The molecule has 2 aromatic carbocycles. The summed E-state index contributed by atoms with van der Waals surface area (Å²) in [7, 11) is 0. The summed E-state index contributed by atoms with van der Waals surface area (Å²) in [5.74, 6) is 0.443. The molecule has 0 aromatic heterocycles. The van der Waals surface area contributed by atoms with Crippen molar-refractivity contribution in [3.8, 4) is 0 Å². The normalized spacial score (nSPS) is 10.4. The van der Waals surface area contributed by atoms with Crippen molar-refractivity contribution < 1.29 is 9.72 Å². The number of non-ortho nitro benzene ring substituents is 1. The van der Waals surface area contributed by atoms with Crippen molar-refractivity contribution >= 4 is 40.6 Å². The SMILES string of the molecule is NCCCSc1ccc(NC(=O)c2cc([N+](=O)[O-])ccc2Cl)cc1. The van der Waals surface area contributed by atoms with E-state index in [1.807, 2.05) is 12.1 Å². The average Bonchev–Trinajstić information content (AvgIpc) is 2.56. The molecule has 24 heavy (non-hydrogen) atoms. The molecular formula is C16H16ClN3O3S. The Hall–Kier alpha value is -2.09. The lowest BCUT2D eigenvalue weighted by atomic mass is 10.2. The van der Waals surface area contributed by atoms with Crippen LogP contribution in [-0.4, -0.2) is 23.1 Å². The number of benzene rings is 2. The first-order valence-corrected chi connectivity index (χ1v) is 8.56. The zero-order valence-electron chi connectivity index (χ0n) is 12.7. The third-order valence-electron chi connectivity index (χ3n) is 3.13. The summed E-state index contributed by atoms with van der Waals surface area (Å²) in [5.41, 5.74) is 5.92. The molecule has 0 unspecified atom stereocenters. The fourth-order valence-corrected chi connectivity index (χ4v) is 2.99. The highest BCUT2D eigenvalue weighted by Gasteiger charge is 2.16. The molecule has 0 saturated carbocycles. The number of nitro benzene ring substituents is 1. The first-order valence-electron chi connectivity index (χ1n) is 7.19. The van der Waals surface area contributed by atoms with E-state index in [9.17, 15) is 14.9 Å². The topological polar surface area (TPSA) is 98.3 Å². The molecule has 0 saturated heterocycles. The molecule has 0 bridgehead atoms. The van der Waals surface area contributed by atoms with Gasteiger partial charge in [0.25, 0.3) is 11.6 Å². The molecule has 126 valence electrons. The molecule has 0 aliphatic carbocycles. The summed E-state index contributed by atoms with van der Waals surface area (Å²) in [6.07, 6.45) is 0.939. The van der Waals surface area contributed by atoms with Crippen LogP contribution in [-0.2, 0) is 0 Å². The van der Waals surface area contributed by atoms with Crippen LogP contribution in [0.1, 0.15) is 16.8 Å². The van der Waals surface area contributed by atoms with Crippen LogP contribution in [0.4, 0.5) is 11.4 Å². The van der Waals surface area contributed by atoms with Crippen LogP contribution in [0.2, 0.25) is 5.02 Å². The van der Waals surface area contributed by atoms with Gasteiger partial charge in [0.05, 0.1) is 15.5 Å². The highest BCUT2D eigenvalue weighted by molar-refractivity contribution is 7.99. The average molecular weight is 366 g/mol. The van der Waals surface area contributed by atoms with Gasteiger partial charge in [0.2, 0.25) is 0 Å². The minimum atomic E-state index is -0.569. The smallest absolute Gasteiger partial charge is 0.270 e. The fourth-order valence-electron chi connectivity index (χ4n) is 1.91. The highest BCUT2D eigenvalue weighted by atomic mass is 35.5. The zero-order chi connectivity index (χ0) is 17.5. The van der Waals surface area contributed by atoms with E-state index in [2.05, 4.69) is 5.32 Å². The number of hydrogen-bond donors (Lipinski definition) is 2.